The standard InChI is InChI=1S/C27H29N5O3S2/c1-19-8-6-11-22(16-19)32-15-14-31(18-20(32)2)27(33)24(17-21-9-4-3-5-10-21)30-37(34,35)25-13-7-12-23-26(25)29-36-28-23/h3-13,16,20,24,30H,14-15,17-18H2,1-2H3/t20-,24+/m0/s1. The van der Waals surface area contributed by atoms with Crippen molar-refractivity contribution < 1.29 is 13.2 Å². The normalized spacial score (nSPS) is 17.2. The molecule has 2 atom stereocenters. The number of carbonyl (C=O) groups is 1. The monoisotopic (exact) mass is 535 g/mol. The van der Waals surface area contributed by atoms with Crippen LogP contribution in [0.5, 0.6) is 0 Å². The zero-order valence-corrected chi connectivity index (χ0v) is 22.4. The molecule has 192 valence electrons. The SMILES string of the molecule is Cc1cccc(N2CCN(C(=O)[C@@H](Cc3ccccc3)NS(=O)(=O)c3cccc4nsnc34)C[C@@H]2C)c1. The van der Waals surface area contributed by atoms with E-state index in [-0.39, 0.29) is 23.3 Å². The van der Waals surface area contributed by atoms with E-state index in [4.69, 9.17) is 0 Å². The van der Waals surface area contributed by atoms with Gasteiger partial charge in [0.05, 0.1) is 11.7 Å². The quantitative estimate of drug-likeness (QED) is 0.388. The van der Waals surface area contributed by atoms with Gasteiger partial charge in [0.2, 0.25) is 15.9 Å². The summed E-state index contributed by atoms with van der Waals surface area (Å²) < 4.78 is 38.1. The van der Waals surface area contributed by atoms with Crippen LogP contribution in [0.15, 0.2) is 77.7 Å². The number of nitrogens with zero attached hydrogens (tertiary/aromatic N) is 4. The first kappa shape index (κ1) is 25.3. The van der Waals surface area contributed by atoms with Crippen LogP contribution in [0.4, 0.5) is 5.69 Å². The number of piperazine rings is 1. The van der Waals surface area contributed by atoms with E-state index in [9.17, 15) is 13.2 Å². The maximum absolute atomic E-state index is 13.8. The van der Waals surface area contributed by atoms with Crippen molar-refractivity contribution in [1.29, 1.82) is 0 Å². The van der Waals surface area contributed by atoms with Gasteiger partial charge < -0.3 is 9.80 Å². The number of aryl methyl sites for hydroxylation is 1. The molecule has 2 heterocycles. The minimum absolute atomic E-state index is 0.0299. The van der Waals surface area contributed by atoms with Gasteiger partial charge in [0.15, 0.2) is 0 Å². The summed E-state index contributed by atoms with van der Waals surface area (Å²) in [7, 11) is -4.04. The van der Waals surface area contributed by atoms with Gasteiger partial charge in [-0.05, 0) is 55.7 Å². The number of anilines is 1. The Labute approximate surface area is 221 Å². The third-order valence-electron chi connectivity index (χ3n) is 6.69. The molecule has 1 aliphatic rings. The Morgan fingerprint density at radius 3 is 2.59 bits per heavy atom. The van der Waals surface area contributed by atoms with E-state index in [1.54, 1.807) is 17.0 Å². The number of hydrogen-bond acceptors (Lipinski definition) is 7. The highest BCUT2D eigenvalue weighted by Gasteiger charge is 2.34. The summed E-state index contributed by atoms with van der Waals surface area (Å²) in [5.41, 5.74) is 4.02. The van der Waals surface area contributed by atoms with Gasteiger partial charge >= 0.3 is 0 Å². The molecule has 1 amide bonds. The number of rotatable bonds is 7. The molecular weight excluding hydrogens is 506 g/mol. The first-order valence-electron chi connectivity index (χ1n) is 12.2. The number of fused-ring (bicyclic) bond motifs is 1. The molecule has 1 fully saturated rings. The predicted octanol–water partition coefficient (Wildman–Crippen LogP) is 3.63. The number of benzene rings is 3. The van der Waals surface area contributed by atoms with E-state index < -0.39 is 16.1 Å². The molecule has 8 nitrogen and oxygen atoms in total. The average Bonchev–Trinajstić information content (AvgIpc) is 3.37. The van der Waals surface area contributed by atoms with E-state index >= 15 is 0 Å². The van der Waals surface area contributed by atoms with Crippen LogP contribution in [0, 0.1) is 6.92 Å². The van der Waals surface area contributed by atoms with Crippen LogP contribution in [0.25, 0.3) is 11.0 Å². The highest BCUT2D eigenvalue weighted by molar-refractivity contribution is 7.89. The third kappa shape index (κ3) is 5.51. The second-order valence-electron chi connectivity index (χ2n) is 9.42. The molecule has 0 aliphatic carbocycles. The summed E-state index contributed by atoms with van der Waals surface area (Å²) in [5, 5.41) is 0. The Morgan fingerprint density at radius 1 is 1.05 bits per heavy atom. The molecule has 3 aromatic carbocycles. The van der Waals surface area contributed by atoms with Crippen LogP contribution in [0.2, 0.25) is 0 Å². The van der Waals surface area contributed by atoms with Crippen molar-refractivity contribution in [3.05, 3.63) is 83.9 Å². The second kappa shape index (κ2) is 10.6. The lowest BCUT2D eigenvalue weighted by molar-refractivity contribution is -0.133. The highest BCUT2D eigenvalue weighted by atomic mass is 32.2. The second-order valence-corrected chi connectivity index (χ2v) is 11.6. The third-order valence-corrected chi connectivity index (χ3v) is 8.73. The van der Waals surface area contributed by atoms with Gasteiger partial charge in [-0.1, -0.05) is 48.5 Å². The minimum Gasteiger partial charge on any atom is -0.365 e. The van der Waals surface area contributed by atoms with Gasteiger partial charge in [-0.2, -0.15) is 13.5 Å². The molecule has 0 saturated carbocycles. The van der Waals surface area contributed by atoms with Gasteiger partial charge in [-0.15, -0.1) is 0 Å². The topological polar surface area (TPSA) is 95.5 Å². The molecule has 37 heavy (non-hydrogen) atoms. The van der Waals surface area contributed by atoms with Crippen molar-refractivity contribution in [2.75, 3.05) is 24.5 Å². The van der Waals surface area contributed by atoms with Gasteiger partial charge in [0.25, 0.3) is 0 Å². The number of amides is 1. The van der Waals surface area contributed by atoms with Gasteiger partial charge in [0, 0.05) is 31.4 Å². The van der Waals surface area contributed by atoms with Gasteiger partial charge in [0.1, 0.15) is 22.0 Å². The fraction of sp³-hybridized carbons (Fsp3) is 0.296. The first-order chi connectivity index (χ1) is 17.8. The van der Waals surface area contributed by atoms with E-state index in [0.29, 0.717) is 30.7 Å². The maximum Gasteiger partial charge on any atom is 0.243 e. The smallest absolute Gasteiger partial charge is 0.243 e. The summed E-state index contributed by atoms with van der Waals surface area (Å²) >= 11 is 0.961. The van der Waals surface area contributed by atoms with Gasteiger partial charge in [-0.25, -0.2) is 8.42 Å². The Kier molecular flexibility index (Phi) is 7.23. The van der Waals surface area contributed by atoms with Gasteiger partial charge in [-0.3, -0.25) is 4.79 Å². The Hall–Kier alpha value is -3.34. The molecule has 0 unspecified atom stereocenters. The number of hydrogen-bond donors (Lipinski definition) is 1. The van der Waals surface area contributed by atoms with E-state index in [0.717, 1.165) is 23.0 Å². The fourth-order valence-electron chi connectivity index (χ4n) is 4.85. The summed E-state index contributed by atoms with van der Waals surface area (Å²) in [6.07, 6.45) is 0.247. The molecule has 1 aliphatic heterocycles. The van der Waals surface area contributed by atoms with Crippen LogP contribution >= 0.6 is 11.7 Å². The molecule has 10 heteroatoms. The molecule has 0 spiro atoms. The van der Waals surface area contributed by atoms with Crippen LogP contribution in [0.3, 0.4) is 0 Å². The molecule has 0 radical (unpaired) electrons. The van der Waals surface area contributed by atoms with Crippen molar-refractivity contribution in [1.82, 2.24) is 18.4 Å². The number of sulfonamides is 1. The van der Waals surface area contributed by atoms with Crippen molar-refractivity contribution in [3.8, 4) is 0 Å². The number of aromatic nitrogens is 2. The molecule has 1 aromatic heterocycles. The zero-order chi connectivity index (χ0) is 26.0. The fourth-order valence-corrected chi connectivity index (χ4v) is 6.80. The van der Waals surface area contributed by atoms with Crippen molar-refractivity contribution >= 4 is 44.4 Å². The number of carbonyl (C=O) groups excluding carboxylic acids is 1. The predicted molar refractivity (Wildman–Crippen MR) is 146 cm³/mol. The average molecular weight is 536 g/mol. The van der Waals surface area contributed by atoms with Crippen molar-refractivity contribution in [2.45, 2.75) is 37.2 Å². The molecule has 5 rings (SSSR count). The van der Waals surface area contributed by atoms with Crippen LogP contribution in [0.1, 0.15) is 18.1 Å². The number of nitrogens with one attached hydrogen (secondary N) is 1. The lowest BCUT2D eigenvalue weighted by Crippen LogP contribution is -2.58. The molecular formula is C27H29N5O3S2. The Morgan fingerprint density at radius 2 is 1.84 bits per heavy atom. The summed E-state index contributed by atoms with van der Waals surface area (Å²) in [5.74, 6) is -0.230. The molecule has 0 bridgehead atoms. The van der Waals surface area contributed by atoms with Crippen LogP contribution in [-0.4, -0.2) is 59.7 Å². The zero-order valence-electron chi connectivity index (χ0n) is 20.7. The van der Waals surface area contributed by atoms with Crippen LogP contribution in [-0.2, 0) is 21.2 Å². The minimum atomic E-state index is -4.04. The van der Waals surface area contributed by atoms with Crippen molar-refractivity contribution in [2.24, 2.45) is 0 Å². The summed E-state index contributed by atoms with van der Waals surface area (Å²) in [4.78, 5) is 17.9. The first-order valence-corrected chi connectivity index (χ1v) is 14.4. The summed E-state index contributed by atoms with van der Waals surface area (Å²) in [6, 6.07) is 21.8. The Balaban J connectivity index is 1.39. The lowest BCUT2D eigenvalue weighted by atomic mass is 10.0. The summed E-state index contributed by atoms with van der Waals surface area (Å²) in [6.45, 7) is 5.84. The molecule has 4 aromatic rings. The maximum atomic E-state index is 13.8. The lowest BCUT2D eigenvalue weighted by Gasteiger charge is -2.42. The highest BCUT2D eigenvalue weighted by Crippen LogP contribution is 2.24. The van der Waals surface area contributed by atoms with E-state index in [1.807, 2.05) is 36.4 Å². The molecule has 1 N–H and O–H groups in total. The van der Waals surface area contributed by atoms with Crippen molar-refractivity contribution in [3.63, 3.8) is 0 Å². The van der Waals surface area contributed by atoms with Crippen LogP contribution < -0.4 is 9.62 Å². The largest absolute Gasteiger partial charge is 0.365 e. The van der Waals surface area contributed by atoms with E-state index in [2.05, 4.69) is 50.4 Å². The van der Waals surface area contributed by atoms with E-state index in [1.165, 1.54) is 11.6 Å². The Bertz CT molecular complexity index is 1510. The molecule has 1 saturated heterocycles.